The van der Waals surface area contributed by atoms with Gasteiger partial charge in [-0.25, -0.2) is 4.98 Å². The van der Waals surface area contributed by atoms with E-state index in [1.165, 1.54) is 11.8 Å². The van der Waals surface area contributed by atoms with Crippen LogP contribution in [0.4, 0.5) is 0 Å². The third-order valence-corrected chi connectivity index (χ3v) is 6.74. The molecule has 0 bridgehead atoms. The summed E-state index contributed by atoms with van der Waals surface area (Å²) >= 11 is 3.53. The molecular weight excluding hydrogens is 494 g/mol. The van der Waals surface area contributed by atoms with Crippen LogP contribution in [-0.4, -0.2) is 52.8 Å². The molecule has 3 heterocycles. The van der Waals surface area contributed by atoms with Crippen LogP contribution in [0.5, 0.6) is 0 Å². The quantitative estimate of drug-likeness (QED) is 0.362. The van der Waals surface area contributed by atoms with E-state index in [1.54, 1.807) is 17.0 Å². The average molecular weight is 518 g/mol. The van der Waals surface area contributed by atoms with Gasteiger partial charge in [-0.15, -0.1) is 0 Å². The van der Waals surface area contributed by atoms with Crippen LogP contribution < -0.4 is 0 Å². The summed E-state index contributed by atoms with van der Waals surface area (Å²) in [5, 5.41) is 0.808. The van der Waals surface area contributed by atoms with Gasteiger partial charge >= 0.3 is 0 Å². The first-order valence-electron chi connectivity index (χ1n) is 11.3. The number of carbonyl (C=O) groups excluding carboxylic acids is 2. The lowest BCUT2D eigenvalue weighted by Gasteiger charge is -2.34. The van der Waals surface area contributed by atoms with Gasteiger partial charge in [0.2, 0.25) is 0 Å². The minimum Gasteiger partial charge on any atom is -0.459 e. The van der Waals surface area contributed by atoms with E-state index < -0.39 is 0 Å². The molecule has 172 valence electrons. The number of halogens is 1. The molecule has 0 atom stereocenters. The number of furan rings is 1. The van der Waals surface area contributed by atoms with E-state index in [0.29, 0.717) is 37.5 Å². The van der Waals surface area contributed by atoms with E-state index in [4.69, 9.17) is 9.40 Å². The smallest absolute Gasteiger partial charge is 0.289 e. The van der Waals surface area contributed by atoms with Crippen LogP contribution in [0, 0.1) is 0 Å². The van der Waals surface area contributed by atoms with Crippen LogP contribution >= 0.6 is 15.9 Å². The van der Waals surface area contributed by atoms with Crippen molar-refractivity contribution in [1.82, 2.24) is 14.8 Å². The molecule has 0 N–H and O–H groups in total. The average Bonchev–Trinajstić information content (AvgIpc) is 3.42. The largest absolute Gasteiger partial charge is 0.459 e. The van der Waals surface area contributed by atoms with Crippen LogP contribution in [-0.2, 0) is 6.42 Å². The van der Waals surface area contributed by atoms with Gasteiger partial charge < -0.3 is 14.2 Å². The van der Waals surface area contributed by atoms with E-state index in [0.717, 1.165) is 33.1 Å². The Balaban J connectivity index is 1.44. The second-order valence-corrected chi connectivity index (χ2v) is 9.24. The van der Waals surface area contributed by atoms with E-state index in [1.807, 2.05) is 29.2 Å². The van der Waals surface area contributed by atoms with E-state index >= 15 is 0 Å². The highest BCUT2D eigenvalue weighted by molar-refractivity contribution is 9.10. The number of rotatable bonds is 4. The molecule has 34 heavy (non-hydrogen) atoms. The number of aryl methyl sites for hydroxylation is 1. The highest BCUT2D eigenvalue weighted by Crippen LogP contribution is 2.29. The number of amides is 2. The lowest BCUT2D eigenvalue weighted by molar-refractivity contribution is 0.0519. The van der Waals surface area contributed by atoms with Gasteiger partial charge in [-0.05, 0) is 48.4 Å². The number of fused-ring (bicyclic) bond motifs is 1. The normalized spacial score (nSPS) is 13.9. The number of hydrogen-bond donors (Lipinski definition) is 0. The van der Waals surface area contributed by atoms with Gasteiger partial charge in [-0.3, -0.25) is 9.59 Å². The molecule has 2 amide bonds. The molecule has 1 aliphatic rings. The Labute approximate surface area is 206 Å². The minimum atomic E-state index is -0.145. The van der Waals surface area contributed by atoms with Crippen molar-refractivity contribution in [2.24, 2.45) is 0 Å². The first-order chi connectivity index (χ1) is 16.5. The molecule has 0 aliphatic carbocycles. The number of aromatic nitrogens is 1. The van der Waals surface area contributed by atoms with Crippen molar-refractivity contribution in [3.05, 3.63) is 88.3 Å². The van der Waals surface area contributed by atoms with Crippen molar-refractivity contribution in [1.29, 1.82) is 0 Å². The third-order valence-electron chi connectivity index (χ3n) is 6.25. The molecule has 4 aromatic rings. The predicted molar refractivity (Wildman–Crippen MR) is 135 cm³/mol. The SMILES string of the molecule is CCc1ccc(-c2cc(C(=O)N3CCN(C(=O)c4ccco4)CC3)c3cc(Br)ccc3n2)cc1. The van der Waals surface area contributed by atoms with E-state index in [-0.39, 0.29) is 11.8 Å². The number of benzene rings is 2. The third kappa shape index (κ3) is 4.35. The number of piperazine rings is 1. The number of carbonyl (C=O) groups is 2. The summed E-state index contributed by atoms with van der Waals surface area (Å²) in [5.41, 5.74) is 4.39. The maximum atomic E-state index is 13.7. The molecule has 1 aliphatic heterocycles. The summed E-state index contributed by atoms with van der Waals surface area (Å²) in [6.07, 6.45) is 2.46. The standard InChI is InChI=1S/C27H24BrN3O3/c1-2-18-5-7-19(8-6-18)24-17-22(21-16-20(28)9-10-23(21)29-24)26(32)30-11-13-31(14-12-30)27(33)25-4-3-15-34-25/h3-10,15-17H,2,11-14H2,1H3. The van der Waals surface area contributed by atoms with Crippen LogP contribution in [0.15, 0.2) is 75.8 Å². The van der Waals surface area contributed by atoms with Crippen LogP contribution in [0.1, 0.15) is 33.4 Å². The summed E-state index contributed by atoms with van der Waals surface area (Å²) in [7, 11) is 0. The summed E-state index contributed by atoms with van der Waals surface area (Å²) in [5.74, 6) is 0.124. The van der Waals surface area contributed by atoms with Crippen molar-refractivity contribution >= 4 is 38.6 Å². The Morgan fingerprint density at radius 1 is 0.941 bits per heavy atom. The molecule has 1 saturated heterocycles. The molecule has 7 heteroatoms. The Morgan fingerprint density at radius 3 is 2.29 bits per heavy atom. The van der Waals surface area contributed by atoms with Gasteiger partial charge in [-0.2, -0.15) is 0 Å². The molecule has 0 saturated carbocycles. The first-order valence-corrected chi connectivity index (χ1v) is 12.1. The maximum absolute atomic E-state index is 13.7. The van der Waals surface area contributed by atoms with Gasteiger partial charge in [0.15, 0.2) is 5.76 Å². The Morgan fingerprint density at radius 2 is 1.65 bits per heavy atom. The zero-order chi connectivity index (χ0) is 23.7. The lowest BCUT2D eigenvalue weighted by atomic mass is 10.0. The molecule has 2 aromatic heterocycles. The molecule has 5 rings (SSSR count). The summed E-state index contributed by atoms with van der Waals surface area (Å²) < 4.78 is 6.13. The van der Waals surface area contributed by atoms with E-state index in [2.05, 4.69) is 47.1 Å². The summed E-state index contributed by atoms with van der Waals surface area (Å²) in [6.45, 7) is 3.97. The van der Waals surface area contributed by atoms with Crippen molar-refractivity contribution in [2.75, 3.05) is 26.2 Å². The topological polar surface area (TPSA) is 66.7 Å². The van der Waals surface area contributed by atoms with Crippen molar-refractivity contribution in [2.45, 2.75) is 13.3 Å². The highest BCUT2D eigenvalue weighted by Gasteiger charge is 2.28. The monoisotopic (exact) mass is 517 g/mol. The fourth-order valence-corrected chi connectivity index (χ4v) is 4.63. The van der Waals surface area contributed by atoms with E-state index in [9.17, 15) is 9.59 Å². The number of pyridine rings is 1. The van der Waals surface area contributed by atoms with Crippen molar-refractivity contribution in [3.8, 4) is 11.3 Å². The number of nitrogens with zero attached hydrogens (tertiary/aromatic N) is 3. The molecular formula is C27H24BrN3O3. The van der Waals surface area contributed by atoms with Gasteiger partial charge in [0.05, 0.1) is 23.0 Å². The zero-order valence-corrected chi connectivity index (χ0v) is 20.4. The number of hydrogen-bond acceptors (Lipinski definition) is 4. The Hall–Kier alpha value is -3.45. The minimum absolute atomic E-state index is 0.0537. The van der Waals surface area contributed by atoms with Crippen LogP contribution in [0.2, 0.25) is 0 Å². The zero-order valence-electron chi connectivity index (χ0n) is 18.8. The van der Waals surface area contributed by atoms with Gasteiger partial charge in [0, 0.05) is 41.6 Å². The fourth-order valence-electron chi connectivity index (χ4n) is 4.27. The second kappa shape index (κ2) is 9.43. The molecule has 2 aromatic carbocycles. The maximum Gasteiger partial charge on any atom is 0.289 e. The molecule has 0 unspecified atom stereocenters. The summed E-state index contributed by atoms with van der Waals surface area (Å²) in [6, 6.07) is 19.4. The van der Waals surface area contributed by atoms with Crippen LogP contribution in [0.25, 0.3) is 22.2 Å². The fraction of sp³-hybridized carbons (Fsp3) is 0.222. The Bertz CT molecular complexity index is 1340. The van der Waals surface area contributed by atoms with Gasteiger partial charge in [-0.1, -0.05) is 47.1 Å². The van der Waals surface area contributed by atoms with Crippen molar-refractivity contribution < 1.29 is 14.0 Å². The summed E-state index contributed by atoms with van der Waals surface area (Å²) in [4.78, 5) is 34.6. The Kier molecular flexibility index (Phi) is 6.20. The van der Waals surface area contributed by atoms with Crippen LogP contribution in [0.3, 0.4) is 0 Å². The molecule has 0 radical (unpaired) electrons. The van der Waals surface area contributed by atoms with Gasteiger partial charge in [0.1, 0.15) is 0 Å². The first kappa shape index (κ1) is 22.3. The second-order valence-electron chi connectivity index (χ2n) is 8.33. The highest BCUT2D eigenvalue weighted by atomic mass is 79.9. The predicted octanol–water partition coefficient (Wildman–Crippen LogP) is 5.42. The molecule has 0 spiro atoms. The van der Waals surface area contributed by atoms with Gasteiger partial charge in [0.25, 0.3) is 11.8 Å². The van der Waals surface area contributed by atoms with Crippen molar-refractivity contribution in [3.63, 3.8) is 0 Å². The lowest BCUT2D eigenvalue weighted by Crippen LogP contribution is -2.50. The molecule has 6 nitrogen and oxygen atoms in total. The molecule has 1 fully saturated rings.